The van der Waals surface area contributed by atoms with Crippen molar-refractivity contribution in [1.82, 2.24) is 0 Å². The first-order chi connectivity index (χ1) is 14.3. The predicted molar refractivity (Wildman–Crippen MR) is 119 cm³/mol. The van der Waals surface area contributed by atoms with Crippen molar-refractivity contribution in [3.8, 4) is 17.2 Å². The van der Waals surface area contributed by atoms with Gasteiger partial charge in [-0.2, -0.15) is 0 Å². The lowest BCUT2D eigenvalue weighted by atomic mass is 10.3. The van der Waals surface area contributed by atoms with Gasteiger partial charge in [0.1, 0.15) is 22.1 Å². The van der Waals surface area contributed by atoms with E-state index in [0.29, 0.717) is 22.9 Å². The van der Waals surface area contributed by atoms with E-state index < -0.39 is 10.0 Å². The van der Waals surface area contributed by atoms with Crippen molar-refractivity contribution in [2.75, 3.05) is 17.1 Å². The van der Waals surface area contributed by atoms with Crippen LogP contribution in [0.15, 0.2) is 76.1 Å². The SMILES string of the molecule is COc1ccc(NC(C)=O)cc1S(=O)(=O)Nc1ccc(Oc2ccc(Br)cc2)cc1. The Morgan fingerprint density at radius 3 is 2.03 bits per heavy atom. The van der Waals surface area contributed by atoms with Crippen LogP contribution in [-0.2, 0) is 14.8 Å². The maximum atomic E-state index is 12.9. The molecule has 156 valence electrons. The van der Waals surface area contributed by atoms with Crippen LogP contribution in [0, 0.1) is 0 Å². The summed E-state index contributed by atoms with van der Waals surface area (Å²) in [5.74, 6) is 1.07. The van der Waals surface area contributed by atoms with Crippen LogP contribution in [0.5, 0.6) is 17.2 Å². The number of hydrogen-bond acceptors (Lipinski definition) is 5. The Kier molecular flexibility index (Phi) is 6.63. The fourth-order valence-corrected chi connectivity index (χ4v) is 4.13. The van der Waals surface area contributed by atoms with Gasteiger partial charge in [-0.05, 0) is 66.7 Å². The zero-order chi connectivity index (χ0) is 21.7. The normalized spacial score (nSPS) is 10.9. The van der Waals surface area contributed by atoms with Crippen LogP contribution >= 0.6 is 15.9 Å². The molecule has 30 heavy (non-hydrogen) atoms. The molecule has 9 heteroatoms. The topological polar surface area (TPSA) is 93.7 Å². The van der Waals surface area contributed by atoms with Gasteiger partial charge in [0.05, 0.1) is 7.11 Å². The average Bonchev–Trinajstić information content (AvgIpc) is 2.70. The number of anilines is 2. The standard InChI is InChI=1S/C21H19BrN2O5S/c1-14(25)23-17-7-12-20(28-2)21(13-17)30(26,27)24-16-5-10-19(11-6-16)29-18-8-3-15(22)4-9-18/h3-13,24H,1-2H3,(H,23,25). The van der Waals surface area contributed by atoms with Gasteiger partial charge in [0.25, 0.3) is 10.0 Å². The van der Waals surface area contributed by atoms with E-state index in [-0.39, 0.29) is 16.6 Å². The van der Waals surface area contributed by atoms with Gasteiger partial charge in [0, 0.05) is 22.8 Å². The van der Waals surface area contributed by atoms with E-state index in [1.807, 2.05) is 24.3 Å². The average molecular weight is 491 g/mol. The van der Waals surface area contributed by atoms with Crippen molar-refractivity contribution in [2.24, 2.45) is 0 Å². The third-order valence-electron chi connectivity index (χ3n) is 3.93. The molecule has 0 heterocycles. The fraction of sp³-hybridized carbons (Fsp3) is 0.0952. The predicted octanol–water partition coefficient (Wildman–Crippen LogP) is 5.01. The van der Waals surface area contributed by atoms with Gasteiger partial charge in [-0.1, -0.05) is 15.9 Å². The van der Waals surface area contributed by atoms with Gasteiger partial charge in [0.15, 0.2) is 0 Å². The smallest absolute Gasteiger partial charge is 0.265 e. The highest BCUT2D eigenvalue weighted by molar-refractivity contribution is 9.10. The summed E-state index contributed by atoms with van der Waals surface area (Å²) in [7, 11) is -2.59. The largest absolute Gasteiger partial charge is 0.495 e. The molecule has 7 nitrogen and oxygen atoms in total. The molecular formula is C21H19BrN2O5S. The monoisotopic (exact) mass is 490 g/mol. The molecule has 0 aromatic heterocycles. The number of sulfonamides is 1. The number of benzene rings is 3. The van der Waals surface area contributed by atoms with Crippen molar-refractivity contribution in [3.05, 3.63) is 71.2 Å². The Morgan fingerprint density at radius 1 is 0.900 bits per heavy atom. The molecule has 0 saturated heterocycles. The van der Waals surface area contributed by atoms with Crippen LogP contribution in [0.3, 0.4) is 0 Å². The highest BCUT2D eigenvalue weighted by Gasteiger charge is 2.21. The molecule has 0 aliphatic rings. The van der Waals surface area contributed by atoms with Crippen LogP contribution in [0.4, 0.5) is 11.4 Å². The number of halogens is 1. The summed E-state index contributed by atoms with van der Waals surface area (Å²) in [6, 6.07) is 18.2. The second-order valence-electron chi connectivity index (χ2n) is 6.23. The number of carbonyl (C=O) groups excluding carboxylic acids is 1. The first-order valence-electron chi connectivity index (χ1n) is 8.79. The zero-order valence-electron chi connectivity index (χ0n) is 16.2. The summed E-state index contributed by atoms with van der Waals surface area (Å²) in [5.41, 5.74) is 0.701. The molecule has 0 radical (unpaired) electrons. The van der Waals surface area contributed by atoms with E-state index >= 15 is 0 Å². The van der Waals surface area contributed by atoms with E-state index in [2.05, 4.69) is 26.0 Å². The summed E-state index contributed by atoms with van der Waals surface area (Å²) in [6.45, 7) is 1.34. The quantitative estimate of drug-likeness (QED) is 0.485. The zero-order valence-corrected chi connectivity index (χ0v) is 18.6. The molecule has 3 rings (SSSR count). The van der Waals surface area contributed by atoms with Crippen molar-refractivity contribution in [2.45, 2.75) is 11.8 Å². The van der Waals surface area contributed by atoms with Crippen molar-refractivity contribution < 1.29 is 22.7 Å². The molecule has 0 saturated carbocycles. The highest BCUT2D eigenvalue weighted by Crippen LogP contribution is 2.30. The second kappa shape index (κ2) is 9.19. The van der Waals surface area contributed by atoms with Gasteiger partial charge in [0.2, 0.25) is 5.91 Å². The Labute approximate surface area is 183 Å². The van der Waals surface area contributed by atoms with E-state index in [1.54, 1.807) is 30.3 Å². The molecule has 0 unspecified atom stereocenters. The summed E-state index contributed by atoms with van der Waals surface area (Å²) in [5, 5.41) is 2.56. The Bertz CT molecular complexity index is 1150. The van der Waals surface area contributed by atoms with Crippen molar-refractivity contribution in [1.29, 1.82) is 0 Å². The minimum atomic E-state index is -3.96. The maximum absolute atomic E-state index is 12.9. The van der Waals surface area contributed by atoms with E-state index in [1.165, 1.54) is 26.2 Å². The highest BCUT2D eigenvalue weighted by atomic mass is 79.9. The molecule has 0 aliphatic carbocycles. The van der Waals surface area contributed by atoms with Gasteiger partial charge in [-0.15, -0.1) is 0 Å². The third kappa shape index (κ3) is 5.52. The molecule has 0 aliphatic heterocycles. The van der Waals surface area contributed by atoms with Crippen molar-refractivity contribution in [3.63, 3.8) is 0 Å². The Hall–Kier alpha value is -3.04. The van der Waals surface area contributed by atoms with Crippen LogP contribution < -0.4 is 19.5 Å². The van der Waals surface area contributed by atoms with Gasteiger partial charge in [-0.25, -0.2) is 8.42 Å². The molecule has 0 atom stereocenters. The lowest BCUT2D eigenvalue weighted by Gasteiger charge is -2.14. The number of amides is 1. The summed E-state index contributed by atoms with van der Waals surface area (Å²) >= 11 is 3.36. The Balaban J connectivity index is 1.79. The molecule has 0 spiro atoms. The first-order valence-corrected chi connectivity index (χ1v) is 11.1. The summed E-state index contributed by atoms with van der Waals surface area (Å²) < 4.78 is 40.1. The number of hydrogen-bond donors (Lipinski definition) is 2. The summed E-state index contributed by atoms with van der Waals surface area (Å²) in [6.07, 6.45) is 0. The van der Waals surface area contributed by atoms with Gasteiger partial charge in [-0.3, -0.25) is 9.52 Å². The van der Waals surface area contributed by atoms with E-state index in [4.69, 9.17) is 9.47 Å². The van der Waals surface area contributed by atoms with Crippen LogP contribution in [0.2, 0.25) is 0 Å². The lowest BCUT2D eigenvalue weighted by molar-refractivity contribution is -0.114. The molecule has 0 fully saturated rings. The molecule has 1 amide bonds. The molecule has 0 bridgehead atoms. The molecule has 3 aromatic carbocycles. The first kappa shape index (κ1) is 21.7. The van der Waals surface area contributed by atoms with Crippen molar-refractivity contribution >= 4 is 43.2 Å². The maximum Gasteiger partial charge on any atom is 0.265 e. The van der Waals surface area contributed by atoms with Gasteiger partial charge >= 0.3 is 0 Å². The van der Waals surface area contributed by atoms with E-state index in [0.717, 1.165) is 4.47 Å². The number of methoxy groups -OCH3 is 1. The number of rotatable bonds is 7. The molecule has 2 N–H and O–H groups in total. The third-order valence-corrected chi connectivity index (χ3v) is 5.86. The molecule has 3 aromatic rings. The molecular weight excluding hydrogens is 472 g/mol. The van der Waals surface area contributed by atoms with Crippen LogP contribution in [0.25, 0.3) is 0 Å². The number of carbonyl (C=O) groups is 1. The van der Waals surface area contributed by atoms with Crippen LogP contribution in [-0.4, -0.2) is 21.4 Å². The summed E-state index contributed by atoms with van der Waals surface area (Å²) in [4.78, 5) is 11.2. The Morgan fingerprint density at radius 2 is 1.47 bits per heavy atom. The fourth-order valence-electron chi connectivity index (χ4n) is 2.61. The minimum absolute atomic E-state index is 0.0913. The van der Waals surface area contributed by atoms with Crippen LogP contribution in [0.1, 0.15) is 6.92 Å². The number of ether oxygens (including phenoxy) is 2. The number of nitrogens with one attached hydrogen (secondary N) is 2. The van der Waals surface area contributed by atoms with E-state index in [9.17, 15) is 13.2 Å². The van der Waals surface area contributed by atoms with Gasteiger partial charge < -0.3 is 14.8 Å². The second-order valence-corrected chi connectivity index (χ2v) is 8.80. The minimum Gasteiger partial charge on any atom is -0.495 e. The lowest BCUT2D eigenvalue weighted by Crippen LogP contribution is -2.15.